The van der Waals surface area contributed by atoms with Gasteiger partial charge in [-0.05, 0) is 49.8 Å². The number of nitrogens with zero attached hydrogens (tertiary/aromatic N) is 3. The van der Waals surface area contributed by atoms with Gasteiger partial charge in [0.1, 0.15) is 5.70 Å². The average Bonchev–Trinajstić information content (AvgIpc) is 3.57. The fourth-order valence-electron chi connectivity index (χ4n) is 5.40. The molecule has 3 aliphatic rings. The number of benzene rings is 1. The first-order chi connectivity index (χ1) is 18.1. The summed E-state index contributed by atoms with van der Waals surface area (Å²) in [6.45, 7) is 4.21. The summed E-state index contributed by atoms with van der Waals surface area (Å²) in [5.41, 5.74) is 1.55. The van der Waals surface area contributed by atoms with E-state index in [1.165, 1.54) is 4.90 Å². The summed E-state index contributed by atoms with van der Waals surface area (Å²) in [4.78, 5) is 43.2. The number of aliphatic hydroxyl groups is 1. The highest BCUT2D eigenvalue weighted by Gasteiger charge is 2.60. The number of fused-ring (bicyclic) bond motifs is 1. The fraction of sp³-hybridized carbons (Fsp3) is 0.480. The molecule has 2 saturated heterocycles. The molecule has 5 rings (SSSR count). The Morgan fingerprint density at radius 2 is 2.00 bits per heavy atom. The minimum absolute atomic E-state index is 0. The van der Waals surface area contributed by atoms with Crippen LogP contribution in [-0.2, 0) is 14.4 Å². The number of β-lactam (4-membered cyclic amide) rings is 1. The highest BCUT2D eigenvalue weighted by atomic mass is 35.5. The monoisotopic (exact) mass is 594 g/mol. The van der Waals surface area contributed by atoms with Gasteiger partial charge < -0.3 is 30.0 Å². The van der Waals surface area contributed by atoms with Gasteiger partial charge in [-0.25, -0.2) is 5.10 Å². The van der Waals surface area contributed by atoms with Gasteiger partial charge in [-0.3, -0.25) is 14.4 Å². The van der Waals surface area contributed by atoms with Crippen molar-refractivity contribution < 1.29 is 23.9 Å². The molecule has 39 heavy (non-hydrogen) atoms. The maximum Gasteiger partial charge on any atom is 0.284 e. The second kappa shape index (κ2) is 11.4. The molecule has 2 aromatic rings. The van der Waals surface area contributed by atoms with Gasteiger partial charge in [0.2, 0.25) is 17.7 Å². The Kier molecular flexibility index (Phi) is 8.57. The summed E-state index contributed by atoms with van der Waals surface area (Å²) >= 11 is 6.46. The van der Waals surface area contributed by atoms with Crippen LogP contribution >= 0.6 is 36.4 Å². The lowest BCUT2D eigenvalue weighted by Crippen LogP contribution is -2.63. The highest BCUT2D eigenvalue weighted by Crippen LogP contribution is 2.52. The van der Waals surface area contributed by atoms with E-state index in [2.05, 4.69) is 20.8 Å². The van der Waals surface area contributed by atoms with E-state index in [1.807, 2.05) is 6.92 Å². The number of aromatic amines is 1. The zero-order valence-electron chi connectivity index (χ0n) is 21.8. The largest absolute Gasteiger partial charge is 0.409 e. The minimum Gasteiger partial charge on any atom is -0.409 e. The van der Waals surface area contributed by atoms with Crippen molar-refractivity contribution in [1.29, 1.82) is 0 Å². The van der Waals surface area contributed by atoms with E-state index in [1.54, 1.807) is 61.9 Å². The predicted molar refractivity (Wildman–Crippen MR) is 151 cm³/mol. The molecule has 3 aliphatic heterocycles. The van der Waals surface area contributed by atoms with E-state index in [0.717, 1.165) is 4.91 Å². The van der Waals surface area contributed by atoms with Crippen LogP contribution in [0.2, 0.25) is 0 Å². The van der Waals surface area contributed by atoms with Gasteiger partial charge in [-0.15, -0.1) is 29.3 Å². The van der Waals surface area contributed by atoms with Crippen LogP contribution in [0.1, 0.15) is 20.3 Å². The SMILES string of the molecule is CC(O)C1C(=O)N2C(C(=O)Nc3ccc(-c4n[nH]c(=S)o4)cc3)=C(SC3CNC(C(=O)N(C)C)C3)C(C)C12.Cl. The summed E-state index contributed by atoms with van der Waals surface area (Å²) in [6, 6.07) is 6.38. The number of likely N-dealkylation sites (N-methyl/N-ethyl adjacent to an activating group) is 1. The van der Waals surface area contributed by atoms with E-state index in [-0.39, 0.29) is 52.3 Å². The molecule has 0 radical (unpaired) electrons. The molecule has 0 bridgehead atoms. The number of hydrogen-bond acceptors (Lipinski definition) is 9. The number of aromatic nitrogens is 2. The predicted octanol–water partition coefficient (Wildman–Crippen LogP) is 2.38. The Hall–Kier alpha value is -2.71. The molecule has 0 saturated carbocycles. The molecule has 2 fully saturated rings. The van der Waals surface area contributed by atoms with E-state index >= 15 is 0 Å². The van der Waals surface area contributed by atoms with Gasteiger partial charge in [-0.2, -0.15) is 0 Å². The summed E-state index contributed by atoms with van der Waals surface area (Å²) in [5.74, 6) is -0.968. The van der Waals surface area contributed by atoms with Crippen molar-refractivity contribution in [3.63, 3.8) is 0 Å². The number of aliphatic hydroxyl groups excluding tert-OH is 1. The molecule has 1 aromatic carbocycles. The number of H-pyrrole nitrogens is 1. The molecule has 6 unspecified atom stereocenters. The van der Waals surface area contributed by atoms with Crippen LogP contribution < -0.4 is 10.6 Å². The molecule has 1 aromatic heterocycles. The summed E-state index contributed by atoms with van der Waals surface area (Å²) < 4.78 is 5.33. The van der Waals surface area contributed by atoms with E-state index in [0.29, 0.717) is 35.8 Å². The first-order valence-electron chi connectivity index (χ1n) is 12.4. The first kappa shape index (κ1) is 29.3. The molecule has 11 nitrogen and oxygen atoms in total. The molecular weight excluding hydrogens is 564 g/mol. The Labute approximate surface area is 241 Å². The van der Waals surface area contributed by atoms with E-state index < -0.39 is 17.9 Å². The van der Waals surface area contributed by atoms with Gasteiger partial charge in [0.25, 0.3) is 10.7 Å². The van der Waals surface area contributed by atoms with E-state index in [4.69, 9.17) is 16.6 Å². The Balaban J connectivity index is 0.00000353. The van der Waals surface area contributed by atoms with Crippen molar-refractivity contribution in [2.75, 3.05) is 26.0 Å². The number of hydrogen-bond donors (Lipinski definition) is 4. The van der Waals surface area contributed by atoms with Crippen molar-refractivity contribution in [3.8, 4) is 11.5 Å². The second-order valence-corrected chi connectivity index (χ2v) is 11.8. The van der Waals surface area contributed by atoms with Gasteiger partial charge in [0, 0.05) is 48.0 Å². The van der Waals surface area contributed by atoms with Crippen molar-refractivity contribution in [3.05, 3.63) is 39.7 Å². The molecule has 4 heterocycles. The molecule has 0 aliphatic carbocycles. The van der Waals surface area contributed by atoms with Crippen LogP contribution in [0.4, 0.5) is 5.69 Å². The Bertz CT molecular complexity index is 1360. The number of carbonyl (C=O) groups excluding carboxylic acids is 3. The maximum absolute atomic E-state index is 13.6. The van der Waals surface area contributed by atoms with Gasteiger partial charge in [-0.1, -0.05) is 6.92 Å². The standard InChI is InChI=1S/C25H30N6O5S2.ClH/c1-11-18-17(12(2)32)24(35)31(18)19(20(11)38-15-9-16(26-10-15)23(34)30(3)4)21(33)27-14-7-5-13(6-8-14)22-28-29-25(37)36-22;/h5-8,11-12,15-18,26,32H,9-10H2,1-4H3,(H,27,33)(H,29,37);1H. The molecule has 6 atom stereocenters. The third-order valence-corrected chi connectivity index (χ3v) is 8.96. The van der Waals surface area contributed by atoms with Crippen LogP contribution in [0.15, 0.2) is 39.3 Å². The Morgan fingerprint density at radius 3 is 2.59 bits per heavy atom. The summed E-state index contributed by atoms with van der Waals surface area (Å²) in [6.07, 6.45) is -0.192. The zero-order valence-corrected chi connectivity index (χ0v) is 24.3. The fourth-order valence-corrected chi connectivity index (χ4v) is 7.01. The number of carbonyl (C=O) groups is 3. The number of rotatable bonds is 7. The lowest BCUT2D eigenvalue weighted by Gasteiger charge is -2.46. The molecular formula is C25H31ClN6O5S2. The summed E-state index contributed by atoms with van der Waals surface area (Å²) in [5, 5.41) is 23.1. The molecule has 4 N–H and O–H groups in total. The van der Waals surface area contributed by atoms with Crippen LogP contribution in [0.25, 0.3) is 11.5 Å². The average molecular weight is 595 g/mol. The van der Waals surface area contributed by atoms with Gasteiger partial charge in [0.05, 0.1) is 24.1 Å². The van der Waals surface area contributed by atoms with Crippen molar-refractivity contribution in [1.82, 2.24) is 25.3 Å². The number of thioether (sulfide) groups is 1. The van der Waals surface area contributed by atoms with Gasteiger partial charge >= 0.3 is 0 Å². The van der Waals surface area contributed by atoms with E-state index in [9.17, 15) is 19.5 Å². The number of amides is 3. The van der Waals surface area contributed by atoms with Crippen molar-refractivity contribution in [2.24, 2.45) is 11.8 Å². The third kappa shape index (κ3) is 5.38. The zero-order chi connectivity index (χ0) is 27.3. The topological polar surface area (TPSA) is 144 Å². The molecule has 3 amide bonds. The van der Waals surface area contributed by atoms with Crippen molar-refractivity contribution in [2.45, 2.75) is 43.7 Å². The lowest BCUT2D eigenvalue weighted by atomic mass is 9.79. The third-order valence-electron chi connectivity index (χ3n) is 7.27. The van der Waals surface area contributed by atoms with Crippen LogP contribution in [0.3, 0.4) is 0 Å². The minimum atomic E-state index is -0.814. The maximum atomic E-state index is 13.6. The molecule has 0 spiro atoms. The van der Waals surface area contributed by atoms with Crippen LogP contribution in [0, 0.1) is 16.7 Å². The Morgan fingerprint density at radius 1 is 1.31 bits per heavy atom. The summed E-state index contributed by atoms with van der Waals surface area (Å²) in [7, 11) is 3.46. The number of halogens is 1. The highest BCUT2D eigenvalue weighted by molar-refractivity contribution is 8.03. The first-order valence-corrected chi connectivity index (χ1v) is 13.7. The quantitative estimate of drug-likeness (QED) is 0.280. The molecule has 14 heteroatoms. The second-order valence-electron chi connectivity index (χ2n) is 10.1. The van der Waals surface area contributed by atoms with Crippen LogP contribution in [0.5, 0.6) is 0 Å². The van der Waals surface area contributed by atoms with Gasteiger partial charge in [0.15, 0.2) is 0 Å². The number of nitrogens with one attached hydrogen (secondary N) is 3. The normalized spacial score (nSPS) is 26.5. The van der Waals surface area contributed by atoms with Crippen molar-refractivity contribution >= 4 is 59.8 Å². The molecule has 210 valence electrons. The van der Waals surface area contributed by atoms with Crippen LogP contribution in [-0.4, -0.2) is 86.9 Å². The lowest BCUT2D eigenvalue weighted by molar-refractivity contribution is -0.160. The smallest absolute Gasteiger partial charge is 0.284 e. The number of anilines is 1.